The first-order chi connectivity index (χ1) is 11.3. The molecular weight excluding hydrogens is 308 g/mol. The van der Waals surface area contributed by atoms with E-state index in [1.54, 1.807) is 11.9 Å². The molecule has 1 saturated heterocycles. The molecule has 1 heterocycles. The van der Waals surface area contributed by atoms with Crippen LogP contribution in [0.1, 0.15) is 52.4 Å². The fraction of sp³-hybridized carbons (Fsp3) is 0.824. The summed E-state index contributed by atoms with van der Waals surface area (Å²) >= 11 is 0. The van der Waals surface area contributed by atoms with Crippen LogP contribution >= 0.6 is 0 Å². The van der Waals surface area contributed by atoms with Gasteiger partial charge in [0.25, 0.3) is 5.91 Å². The van der Waals surface area contributed by atoms with Crippen LogP contribution in [0, 0.1) is 5.92 Å². The van der Waals surface area contributed by atoms with Crippen molar-refractivity contribution in [1.82, 2.24) is 15.1 Å². The van der Waals surface area contributed by atoms with E-state index in [2.05, 4.69) is 19.2 Å². The number of rotatable bonds is 7. The largest absolute Gasteiger partial charge is 0.346 e. The topological polar surface area (TPSA) is 95.7 Å². The zero-order valence-corrected chi connectivity index (χ0v) is 15.0. The second-order valence-electron chi connectivity index (χ2n) is 7.44. The maximum absolute atomic E-state index is 12.5. The molecule has 4 amide bonds. The zero-order valence-electron chi connectivity index (χ0n) is 15.0. The second kappa shape index (κ2) is 7.51. The standard InChI is InChI=1S/C17H30N4O3/c1-12(2)13(18)6-10-20(3)14(22)7-11-21-15(23)17(19-16(21)24)8-4-5-9-17/h12-13H,4-11,18H2,1-3H3,(H,19,24). The van der Waals surface area contributed by atoms with Gasteiger partial charge < -0.3 is 16.0 Å². The molecule has 136 valence electrons. The first-order valence-corrected chi connectivity index (χ1v) is 8.90. The Balaban J connectivity index is 1.81. The molecule has 1 aliphatic heterocycles. The second-order valence-corrected chi connectivity index (χ2v) is 7.44. The number of nitrogens with one attached hydrogen (secondary N) is 1. The molecule has 0 bridgehead atoms. The van der Waals surface area contributed by atoms with Gasteiger partial charge in [0.2, 0.25) is 5.91 Å². The van der Waals surface area contributed by atoms with E-state index >= 15 is 0 Å². The summed E-state index contributed by atoms with van der Waals surface area (Å²) in [4.78, 5) is 39.6. The fourth-order valence-corrected chi connectivity index (χ4v) is 3.40. The van der Waals surface area contributed by atoms with Crippen LogP contribution in [0.15, 0.2) is 0 Å². The summed E-state index contributed by atoms with van der Waals surface area (Å²) in [6.45, 7) is 4.85. The Labute approximate surface area is 143 Å². The molecule has 1 aliphatic carbocycles. The molecule has 0 aromatic carbocycles. The van der Waals surface area contributed by atoms with Crippen LogP contribution in [0.2, 0.25) is 0 Å². The maximum Gasteiger partial charge on any atom is 0.325 e. The van der Waals surface area contributed by atoms with Gasteiger partial charge in [-0.25, -0.2) is 4.79 Å². The molecule has 1 atom stereocenters. The highest BCUT2D eigenvalue weighted by atomic mass is 16.2. The highest BCUT2D eigenvalue weighted by molar-refractivity contribution is 6.07. The molecule has 0 aromatic heterocycles. The maximum atomic E-state index is 12.5. The number of imide groups is 1. The highest BCUT2D eigenvalue weighted by Gasteiger charge is 2.52. The third-order valence-corrected chi connectivity index (χ3v) is 5.33. The molecule has 1 saturated carbocycles. The van der Waals surface area contributed by atoms with Crippen molar-refractivity contribution in [1.29, 1.82) is 0 Å². The van der Waals surface area contributed by atoms with Gasteiger partial charge in [0, 0.05) is 32.6 Å². The van der Waals surface area contributed by atoms with Crippen molar-refractivity contribution < 1.29 is 14.4 Å². The van der Waals surface area contributed by atoms with Gasteiger partial charge >= 0.3 is 6.03 Å². The van der Waals surface area contributed by atoms with E-state index in [4.69, 9.17) is 5.73 Å². The summed E-state index contributed by atoms with van der Waals surface area (Å²) < 4.78 is 0. The van der Waals surface area contributed by atoms with Crippen molar-refractivity contribution in [2.24, 2.45) is 11.7 Å². The molecule has 2 aliphatic rings. The van der Waals surface area contributed by atoms with E-state index in [1.165, 1.54) is 4.90 Å². The smallest absolute Gasteiger partial charge is 0.325 e. The number of nitrogens with two attached hydrogens (primary N) is 1. The Morgan fingerprint density at radius 1 is 1.33 bits per heavy atom. The van der Waals surface area contributed by atoms with Crippen LogP contribution in [0.3, 0.4) is 0 Å². The number of hydrogen-bond donors (Lipinski definition) is 2. The number of nitrogens with zero attached hydrogens (tertiary/aromatic N) is 2. The fourth-order valence-electron chi connectivity index (χ4n) is 3.40. The van der Waals surface area contributed by atoms with E-state index in [9.17, 15) is 14.4 Å². The van der Waals surface area contributed by atoms with E-state index in [-0.39, 0.29) is 36.9 Å². The Morgan fingerprint density at radius 2 is 1.96 bits per heavy atom. The predicted octanol–water partition coefficient (Wildman–Crippen LogP) is 1.07. The predicted molar refractivity (Wildman–Crippen MR) is 91.1 cm³/mol. The zero-order chi connectivity index (χ0) is 17.9. The van der Waals surface area contributed by atoms with Crippen molar-refractivity contribution >= 4 is 17.8 Å². The normalized spacial score (nSPS) is 20.8. The summed E-state index contributed by atoms with van der Waals surface area (Å²) in [5.74, 6) is 0.142. The lowest BCUT2D eigenvalue weighted by atomic mass is 9.98. The van der Waals surface area contributed by atoms with Crippen molar-refractivity contribution in [3.8, 4) is 0 Å². The lowest BCUT2D eigenvalue weighted by Crippen LogP contribution is -2.44. The van der Waals surface area contributed by atoms with Crippen molar-refractivity contribution in [2.75, 3.05) is 20.1 Å². The van der Waals surface area contributed by atoms with Crippen molar-refractivity contribution in [3.63, 3.8) is 0 Å². The van der Waals surface area contributed by atoms with Crippen molar-refractivity contribution in [2.45, 2.75) is 64.0 Å². The average Bonchev–Trinajstić information content (AvgIpc) is 3.09. The van der Waals surface area contributed by atoms with E-state index < -0.39 is 5.54 Å². The van der Waals surface area contributed by atoms with Crippen LogP contribution in [0.25, 0.3) is 0 Å². The molecule has 7 nitrogen and oxygen atoms in total. The monoisotopic (exact) mass is 338 g/mol. The van der Waals surface area contributed by atoms with Gasteiger partial charge in [0.05, 0.1) is 0 Å². The quantitative estimate of drug-likeness (QED) is 0.679. The van der Waals surface area contributed by atoms with Gasteiger partial charge in [-0.3, -0.25) is 14.5 Å². The minimum absolute atomic E-state index is 0.0633. The Hall–Kier alpha value is -1.63. The molecule has 24 heavy (non-hydrogen) atoms. The molecule has 0 aromatic rings. The Kier molecular flexibility index (Phi) is 5.85. The summed E-state index contributed by atoms with van der Waals surface area (Å²) in [6, 6.07) is -0.299. The Bertz CT molecular complexity index is 500. The van der Waals surface area contributed by atoms with Gasteiger partial charge in [-0.1, -0.05) is 26.7 Å². The molecular formula is C17H30N4O3. The van der Waals surface area contributed by atoms with Crippen LogP contribution in [0.5, 0.6) is 0 Å². The van der Waals surface area contributed by atoms with Crippen LogP contribution in [-0.4, -0.2) is 59.4 Å². The minimum Gasteiger partial charge on any atom is -0.346 e. The molecule has 1 spiro atoms. The third-order valence-electron chi connectivity index (χ3n) is 5.33. The van der Waals surface area contributed by atoms with Crippen LogP contribution in [-0.2, 0) is 9.59 Å². The van der Waals surface area contributed by atoms with E-state index in [0.29, 0.717) is 25.3 Å². The molecule has 1 unspecified atom stereocenters. The first kappa shape index (κ1) is 18.7. The Morgan fingerprint density at radius 3 is 2.54 bits per heavy atom. The number of carbonyl (C=O) groups excluding carboxylic acids is 3. The SMILES string of the molecule is CC(C)C(N)CCN(C)C(=O)CCN1C(=O)NC2(CCCC2)C1=O. The number of urea groups is 1. The number of hydrogen-bond acceptors (Lipinski definition) is 4. The van der Waals surface area contributed by atoms with Crippen molar-refractivity contribution in [3.05, 3.63) is 0 Å². The molecule has 7 heteroatoms. The van der Waals surface area contributed by atoms with Gasteiger partial charge in [0.1, 0.15) is 5.54 Å². The summed E-state index contributed by atoms with van der Waals surface area (Å²) in [7, 11) is 1.74. The summed E-state index contributed by atoms with van der Waals surface area (Å²) in [5.41, 5.74) is 5.30. The number of amides is 4. The number of carbonyl (C=O) groups is 3. The van der Waals surface area contributed by atoms with Gasteiger partial charge in [-0.2, -0.15) is 0 Å². The average molecular weight is 338 g/mol. The molecule has 3 N–H and O–H groups in total. The van der Waals surface area contributed by atoms with Gasteiger partial charge in [-0.05, 0) is 25.2 Å². The van der Waals surface area contributed by atoms with E-state index in [0.717, 1.165) is 19.3 Å². The minimum atomic E-state index is -0.698. The van der Waals surface area contributed by atoms with Gasteiger partial charge in [-0.15, -0.1) is 0 Å². The lowest BCUT2D eigenvalue weighted by Gasteiger charge is -2.23. The van der Waals surface area contributed by atoms with Crippen LogP contribution < -0.4 is 11.1 Å². The molecule has 0 radical (unpaired) electrons. The highest BCUT2D eigenvalue weighted by Crippen LogP contribution is 2.35. The summed E-state index contributed by atoms with van der Waals surface area (Å²) in [5, 5.41) is 2.83. The third kappa shape index (κ3) is 3.88. The first-order valence-electron chi connectivity index (χ1n) is 8.90. The summed E-state index contributed by atoms with van der Waals surface area (Å²) in [6.07, 6.45) is 4.22. The lowest BCUT2D eigenvalue weighted by molar-refractivity contribution is -0.133. The van der Waals surface area contributed by atoms with Gasteiger partial charge in [0.15, 0.2) is 0 Å². The van der Waals surface area contributed by atoms with Crippen LogP contribution in [0.4, 0.5) is 4.79 Å². The molecule has 2 fully saturated rings. The van der Waals surface area contributed by atoms with E-state index in [1.807, 2.05) is 0 Å². The molecule has 2 rings (SSSR count).